The number of nitrogens with zero attached hydrogens (tertiary/aromatic N) is 1. The second-order valence-electron chi connectivity index (χ2n) is 4.40. The number of hydrogen-bond donors (Lipinski definition) is 2. The minimum atomic E-state index is -3.67. The topological polar surface area (TPSA) is 77.8 Å². The second-order valence-corrected chi connectivity index (χ2v) is 5.86. The zero-order chi connectivity index (χ0) is 13.6. The van der Waals surface area contributed by atoms with Gasteiger partial charge in [-0.2, -0.15) is 8.42 Å². The van der Waals surface area contributed by atoms with Crippen LogP contribution in [0.15, 0.2) is 30.3 Å². The molecule has 1 unspecified atom stereocenters. The predicted molar refractivity (Wildman–Crippen MR) is 69.8 cm³/mol. The molecule has 102 valence electrons. The maximum atomic E-state index is 9.34. The Kier molecular flexibility index (Phi) is 5.74. The van der Waals surface area contributed by atoms with E-state index in [-0.39, 0.29) is 6.10 Å². The van der Waals surface area contributed by atoms with Crippen molar-refractivity contribution in [2.24, 2.45) is 0 Å². The number of β-amino-alcohol motifs (C(OH)–C–C–N with tert-alkyl or cyclic N) is 1. The van der Waals surface area contributed by atoms with Crippen molar-refractivity contribution in [3.05, 3.63) is 35.9 Å². The van der Waals surface area contributed by atoms with Gasteiger partial charge in [0.2, 0.25) is 0 Å². The van der Waals surface area contributed by atoms with Gasteiger partial charge < -0.3 is 5.11 Å². The van der Waals surface area contributed by atoms with Crippen LogP contribution < -0.4 is 0 Å². The number of likely N-dealkylation sites (tertiary alicyclic amines) is 1. The van der Waals surface area contributed by atoms with Crippen molar-refractivity contribution < 1.29 is 18.1 Å². The number of benzene rings is 1. The van der Waals surface area contributed by atoms with Crippen LogP contribution in [0.25, 0.3) is 0 Å². The Morgan fingerprint density at radius 1 is 1.33 bits per heavy atom. The maximum absolute atomic E-state index is 9.34. The molecule has 1 aromatic carbocycles. The summed E-state index contributed by atoms with van der Waals surface area (Å²) >= 11 is 0. The summed E-state index contributed by atoms with van der Waals surface area (Å²) in [4.78, 5) is 2.29. The van der Waals surface area contributed by atoms with E-state index in [1.807, 2.05) is 6.07 Å². The SMILES string of the molecule is CS(=O)(=O)O.OC1CCN(Cc2ccccc2)C1. The van der Waals surface area contributed by atoms with Gasteiger partial charge >= 0.3 is 0 Å². The fraction of sp³-hybridized carbons (Fsp3) is 0.500. The van der Waals surface area contributed by atoms with Crippen molar-refractivity contribution in [3.8, 4) is 0 Å². The molecule has 0 amide bonds. The van der Waals surface area contributed by atoms with E-state index in [4.69, 9.17) is 4.55 Å². The quantitative estimate of drug-likeness (QED) is 0.778. The lowest BCUT2D eigenvalue weighted by Crippen LogP contribution is -2.21. The maximum Gasteiger partial charge on any atom is 0.261 e. The largest absolute Gasteiger partial charge is 0.392 e. The Hall–Kier alpha value is -0.950. The molecule has 1 aliphatic heterocycles. The van der Waals surface area contributed by atoms with E-state index in [1.54, 1.807) is 0 Å². The molecule has 2 rings (SSSR count). The van der Waals surface area contributed by atoms with Crippen LogP contribution in [0.3, 0.4) is 0 Å². The fourth-order valence-electron chi connectivity index (χ4n) is 1.80. The minimum Gasteiger partial charge on any atom is -0.392 e. The highest BCUT2D eigenvalue weighted by Gasteiger charge is 2.19. The van der Waals surface area contributed by atoms with Gasteiger partial charge in [0.15, 0.2) is 0 Å². The summed E-state index contributed by atoms with van der Waals surface area (Å²) < 4.78 is 25.9. The Labute approximate surface area is 108 Å². The first-order valence-corrected chi connectivity index (χ1v) is 7.56. The molecule has 0 saturated carbocycles. The summed E-state index contributed by atoms with van der Waals surface area (Å²) in [5, 5.41) is 9.34. The van der Waals surface area contributed by atoms with Crippen LogP contribution in [-0.4, -0.2) is 48.4 Å². The van der Waals surface area contributed by atoms with E-state index < -0.39 is 10.1 Å². The molecule has 1 saturated heterocycles. The summed E-state index contributed by atoms with van der Waals surface area (Å²) in [6.07, 6.45) is 1.53. The average Bonchev–Trinajstić information content (AvgIpc) is 2.63. The van der Waals surface area contributed by atoms with Crippen molar-refractivity contribution in [2.45, 2.75) is 19.1 Å². The molecular formula is C12H19NO4S. The van der Waals surface area contributed by atoms with Crippen LogP contribution in [-0.2, 0) is 16.7 Å². The third kappa shape index (κ3) is 7.39. The minimum absolute atomic E-state index is 0.108. The third-order valence-electron chi connectivity index (χ3n) is 2.50. The van der Waals surface area contributed by atoms with E-state index >= 15 is 0 Å². The van der Waals surface area contributed by atoms with Gasteiger partial charge in [-0.1, -0.05) is 30.3 Å². The predicted octanol–water partition coefficient (Wildman–Crippen LogP) is 0.757. The molecule has 1 aromatic rings. The second kappa shape index (κ2) is 6.84. The molecular weight excluding hydrogens is 254 g/mol. The van der Waals surface area contributed by atoms with Crippen LogP contribution in [0.1, 0.15) is 12.0 Å². The zero-order valence-electron chi connectivity index (χ0n) is 10.4. The van der Waals surface area contributed by atoms with Gasteiger partial charge in [-0.05, 0) is 12.0 Å². The molecule has 1 aliphatic rings. The average molecular weight is 273 g/mol. The van der Waals surface area contributed by atoms with Crippen LogP contribution in [0.2, 0.25) is 0 Å². The number of rotatable bonds is 2. The van der Waals surface area contributed by atoms with Gasteiger partial charge in [-0.15, -0.1) is 0 Å². The van der Waals surface area contributed by atoms with Crippen LogP contribution in [0, 0.1) is 0 Å². The van der Waals surface area contributed by atoms with Crippen molar-refractivity contribution in [2.75, 3.05) is 19.3 Å². The molecule has 5 nitrogen and oxygen atoms in total. The monoisotopic (exact) mass is 273 g/mol. The van der Waals surface area contributed by atoms with Gasteiger partial charge in [-0.3, -0.25) is 9.45 Å². The Morgan fingerprint density at radius 2 is 1.89 bits per heavy atom. The molecule has 0 aromatic heterocycles. The number of aliphatic hydroxyl groups is 1. The normalized spacial score (nSPS) is 20.3. The van der Waals surface area contributed by atoms with Crippen LogP contribution in [0.4, 0.5) is 0 Å². The van der Waals surface area contributed by atoms with Gasteiger partial charge in [0.1, 0.15) is 0 Å². The summed E-state index contributed by atoms with van der Waals surface area (Å²) in [5.41, 5.74) is 1.33. The lowest BCUT2D eigenvalue weighted by Gasteiger charge is -2.14. The third-order valence-corrected chi connectivity index (χ3v) is 2.50. The highest BCUT2D eigenvalue weighted by molar-refractivity contribution is 7.85. The highest BCUT2D eigenvalue weighted by Crippen LogP contribution is 2.12. The van der Waals surface area contributed by atoms with E-state index in [0.29, 0.717) is 6.26 Å². The first-order valence-electron chi connectivity index (χ1n) is 5.71. The van der Waals surface area contributed by atoms with Crippen molar-refractivity contribution in [1.29, 1.82) is 0 Å². The lowest BCUT2D eigenvalue weighted by atomic mass is 10.2. The molecule has 0 bridgehead atoms. The lowest BCUT2D eigenvalue weighted by molar-refractivity contribution is 0.175. The van der Waals surface area contributed by atoms with E-state index in [2.05, 4.69) is 29.2 Å². The molecule has 1 fully saturated rings. The smallest absolute Gasteiger partial charge is 0.261 e. The van der Waals surface area contributed by atoms with Gasteiger partial charge in [0.05, 0.1) is 12.4 Å². The summed E-state index contributed by atoms with van der Waals surface area (Å²) in [7, 11) is -3.67. The van der Waals surface area contributed by atoms with Crippen LogP contribution >= 0.6 is 0 Å². The van der Waals surface area contributed by atoms with Gasteiger partial charge in [0, 0.05) is 19.6 Å². The van der Waals surface area contributed by atoms with Gasteiger partial charge in [0.25, 0.3) is 10.1 Å². The molecule has 18 heavy (non-hydrogen) atoms. The molecule has 1 atom stereocenters. The Balaban J connectivity index is 0.000000280. The van der Waals surface area contributed by atoms with Crippen molar-refractivity contribution in [1.82, 2.24) is 4.90 Å². The van der Waals surface area contributed by atoms with E-state index in [0.717, 1.165) is 26.1 Å². The summed E-state index contributed by atoms with van der Waals surface area (Å²) in [5.74, 6) is 0. The standard InChI is InChI=1S/C11H15NO.CH4O3S/c13-11-6-7-12(9-11)8-10-4-2-1-3-5-10;1-5(2,3)4/h1-5,11,13H,6-9H2;1H3,(H,2,3,4). The molecule has 0 spiro atoms. The summed E-state index contributed by atoms with van der Waals surface area (Å²) in [6.45, 7) is 2.82. The first kappa shape index (κ1) is 15.1. The number of aliphatic hydroxyl groups excluding tert-OH is 1. The summed E-state index contributed by atoms with van der Waals surface area (Å²) in [6, 6.07) is 10.4. The van der Waals surface area contributed by atoms with Crippen molar-refractivity contribution >= 4 is 10.1 Å². The molecule has 0 aliphatic carbocycles. The van der Waals surface area contributed by atoms with Gasteiger partial charge in [-0.25, -0.2) is 0 Å². The number of hydrogen-bond acceptors (Lipinski definition) is 4. The molecule has 1 heterocycles. The van der Waals surface area contributed by atoms with Crippen LogP contribution in [0.5, 0.6) is 0 Å². The Bertz CT molecular complexity index is 438. The highest BCUT2D eigenvalue weighted by atomic mass is 32.2. The molecule has 2 N–H and O–H groups in total. The van der Waals surface area contributed by atoms with Crippen molar-refractivity contribution in [3.63, 3.8) is 0 Å². The molecule has 0 radical (unpaired) electrons. The fourth-order valence-corrected chi connectivity index (χ4v) is 1.80. The van der Waals surface area contributed by atoms with E-state index in [1.165, 1.54) is 5.56 Å². The molecule has 6 heteroatoms. The zero-order valence-corrected chi connectivity index (χ0v) is 11.2. The van der Waals surface area contributed by atoms with E-state index in [9.17, 15) is 13.5 Å². The Morgan fingerprint density at radius 3 is 2.33 bits per heavy atom. The first-order chi connectivity index (χ1) is 8.34.